The van der Waals surface area contributed by atoms with Crippen LogP contribution in [-0.4, -0.2) is 49.1 Å². The fraction of sp³-hybridized carbons (Fsp3) is 0.429. The number of methoxy groups -OCH3 is 1. The van der Waals surface area contributed by atoms with E-state index in [0.29, 0.717) is 11.5 Å². The zero-order chi connectivity index (χ0) is 18.9. The molecule has 27 heavy (non-hydrogen) atoms. The van der Waals surface area contributed by atoms with Crippen molar-refractivity contribution in [2.45, 2.75) is 25.8 Å². The molecule has 144 valence electrons. The number of nitrogens with zero attached hydrogens (tertiary/aromatic N) is 2. The number of ether oxygens (including phenoxy) is 2. The van der Waals surface area contributed by atoms with Crippen molar-refractivity contribution in [3.63, 3.8) is 0 Å². The standard InChI is InChI=1S/C21H27N3O3/c1-26-20-13-18(15-23-10-8-17-5-4-9-22-14-17)6-7-19(20)27-16-21(25)24-11-2-3-12-24/h4-7,9,13-14,23H,2-3,8,10-12,15-16H2,1H3. The first-order valence-electron chi connectivity index (χ1n) is 9.43. The largest absolute Gasteiger partial charge is 0.493 e. The van der Waals surface area contributed by atoms with Gasteiger partial charge in [-0.25, -0.2) is 0 Å². The van der Waals surface area contributed by atoms with Gasteiger partial charge < -0.3 is 19.7 Å². The van der Waals surface area contributed by atoms with Gasteiger partial charge in [0.15, 0.2) is 18.1 Å². The Morgan fingerprint density at radius 3 is 2.78 bits per heavy atom. The Labute approximate surface area is 160 Å². The average Bonchev–Trinajstić information content (AvgIpc) is 3.25. The maximum atomic E-state index is 12.1. The molecule has 1 N–H and O–H groups in total. The summed E-state index contributed by atoms with van der Waals surface area (Å²) in [6.45, 7) is 3.34. The molecular weight excluding hydrogens is 342 g/mol. The van der Waals surface area contributed by atoms with Crippen molar-refractivity contribution in [3.8, 4) is 11.5 Å². The van der Waals surface area contributed by atoms with Gasteiger partial charge >= 0.3 is 0 Å². The summed E-state index contributed by atoms with van der Waals surface area (Å²) < 4.78 is 11.1. The summed E-state index contributed by atoms with van der Waals surface area (Å²) in [5.74, 6) is 1.29. The lowest BCUT2D eigenvalue weighted by Crippen LogP contribution is -2.32. The lowest BCUT2D eigenvalue weighted by atomic mass is 10.2. The van der Waals surface area contributed by atoms with Crippen LogP contribution < -0.4 is 14.8 Å². The van der Waals surface area contributed by atoms with Crippen LogP contribution in [0.2, 0.25) is 0 Å². The number of nitrogens with one attached hydrogen (secondary N) is 1. The van der Waals surface area contributed by atoms with Gasteiger partial charge in [-0.2, -0.15) is 0 Å². The van der Waals surface area contributed by atoms with Crippen LogP contribution in [0.25, 0.3) is 0 Å². The molecule has 1 aliphatic rings. The Morgan fingerprint density at radius 1 is 1.19 bits per heavy atom. The molecule has 0 atom stereocenters. The summed E-state index contributed by atoms with van der Waals surface area (Å²) in [6, 6.07) is 9.84. The van der Waals surface area contributed by atoms with E-state index < -0.39 is 0 Å². The van der Waals surface area contributed by atoms with E-state index in [-0.39, 0.29) is 12.5 Å². The van der Waals surface area contributed by atoms with Crippen LogP contribution in [0.3, 0.4) is 0 Å². The molecule has 3 rings (SSSR count). The number of rotatable bonds is 9. The zero-order valence-corrected chi connectivity index (χ0v) is 15.8. The number of hydrogen-bond donors (Lipinski definition) is 1. The number of hydrogen-bond acceptors (Lipinski definition) is 5. The highest BCUT2D eigenvalue weighted by Crippen LogP contribution is 2.28. The van der Waals surface area contributed by atoms with Gasteiger partial charge in [0.25, 0.3) is 5.91 Å². The second-order valence-corrected chi connectivity index (χ2v) is 6.65. The van der Waals surface area contributed by atoms with Crippen LogP contribution in [0.4, 0.5) is 0 Å². The summed E-state index contributed by atoms with van der Waals surface area (Å²) in [4.78, 5) is 18.1. The van der Waals surface area contributed by atoms with Gasteiger partial charge in [0.05, 0.1) is 7.11 Å². The minimum absolute atomic E-state index is 0.0377. The van der Waals surface area contributed by atoms with E-state index in [9.17, 15) is 4.79 Å². The Morgan fingerprint density at radius 2 is 2.04 bits per heavy atom. The minimum atomic E-state index is 0.0377. The molecule has 2 heterocycles. The molecule has 1 aliphatic heterocycles. The molecule has 1 saturated heterocycles. The van der Waals surface area contributed by atoms with Crippen molar-refractivity contribution in [1.82, 2.24) is 15.2 Å². The van der Waals surface area contributed by atoms with Gasteiger partial charge in [-0.1, -0.05) is 12.1 Å². The van der Waals surface area contributed by atoms with Gasteiger partial charge in [0.2, 0.25) is 0 Å². The van der Waals surface area contributed by atoms with Gasteiger partial charge in [-0.3, -0.25) is 9.78 Å². The molecule has 1 aromatic carbocycles. The summed E-state index contributed by atoms with van der Waals surface area (Å²) in [7, 11) is 1.62. The predicted octanol–water partition coefficient (Wildman–Crippen LogP) is 2.42. The summed E-state index contributed by atoms with van der Waals surface area (Å²) in [5.41, 5.74) is 2.32. The van der Waals surface area contributed by atoms with E-state index in [1.807, 2.05) is 35.4 Å². The minimum Gasteiger partial charge on any atom is -0.493 e. The Balaban J connectivity index is 1.47. The van der Waals surface area contributed by atoms with E-state index in [1.165, 1.54) is 5.56 Å². The monoisotopic (exact) mass is 369 g/mol. The molecule has 1 aromatic heterocycles. The van der Waals surface area contributed by atoms with Crippen molar-refractivity contribution >= 4 is 5.91 Å². The first-order valence-corrected chi connectivity index (χ1v) is 9.43. The first kappa shape index (κ1) is 19.2. The second-order valence-electron chi connectivity index (χ2n) is 6.65. The average molecular weight is 369 g/mol. The molecule has 2 aromatic rings. The normalized spacial score (nSPS) is 13.6. The highest BCUT2D eigenvalue weighted by molar-refractivity contribution is 5.78. The van der Waals surface area contributed by atoms with E-state index in [1.54, 1.807) is 13.3 Å². The lowest BCUT2D eigenvalue weighted by molar-refractivity contribution is -0.132. The molecule has 0 saturated carbocycles. The Hall–Kier alpha value is -2.60. The second kappa shape index (κ2) is 9.92. The fourth-order valence-electron chi connectivity index (χ4n) is 3.15. The number of carbonyl (C=O) groups is 1. The molecule has 0 aliphatic carbocycles. The molecule has 1 amide bonds. The third-order valence-electron chi connectivity index (χ3n) is 4.68. The van der Waals surface area contributed by atoms with E-state index in [0.717, 1.165) is 51.0 Å². The van der Waals surface area contributed by atoms with Crippen LogP contribution in [0.1, 0.15) is 24.0 Å². The topological polar surface area (TPSA) is 63.7 Å². The van der Waals surface area contributed by atoms with Crippen LogP contribution in [0.5, 0.6) is 11.5 Å². The van der Waals surface area contributed by atoms with Crippen molar-refractivity contribution in [3.05, 3.63) is 53.9 Å². The third kappa shape index (κ3) is 5.69. The van der Waals surface area contributed by atoms with Crippen LogP contribution in [-0.2, 0) is 17.8 Å². The number of aromatic nitrogens is 1. The van der Waals surface area contributed by atoms with Crippen molar-refractivity contribution in [2.24, 2.45) is 0 Å². The SMILES string of the molecule is COc1cc(CNCCc2cccnc2)ccc1OCC(=O)N1CCCC1. The number of amides is 1. The lowest BCUT2D eigenvalue weighted by Gasteiger charge is -2.17. The van der Waals surface area contributed by atoms with E-state index in [4.69, 9.17) is 9.47 Å². The number of carbonyl (C=O) groups excluding carboxylic acids is 1. The van der Waals surface area contributed by atoms with Crippen molar-refractivity contribution in [2.75, 3.05) is 33.4 Å². The van der Waals surface area contributed by atoms with Gasteiger partial charge in [-0.05, 0) is 55.1 Å². The molecule has 0 unspecified atom stereocenters. The predicted molar refractivity (Wildman–Crippen MR) is 104 cm³/mol. The maximum Gasteiger partial charge on any atom is 0.260 e. The van der Waals surface area contributed by atoms with Gasteiger partial charge in [0.1, 0.15) is 0 Å². The maximum absolute atomic E-state index is 12.1. The highest BCUT2D eigenvalue weighted by Gasteiger charge is 2.18. The third-order valence-corrected chi connectivity index (χ3v) is 4.68. The first-order chi connectivity index (χ1) is 13.3. The number of pyridine rings is 1. The molecule has 6 nitrogen and oxygen atoms in total. The van der Waals surface area contributed by atoms with Gasteiger partial charge in [-0.15, -0.1) is 0 Å². The molecule has 1 fully saturated rings. The smallest absolute Gasteiger partial charge is 0.260 e. The molecular formula is C21H27N3O3. The zero-order valence-electron chi connectivity index (χ0n) is 15.8. The summed E-state index contributed by atoms with van der Waals surface area (Å²) >= 11 is 0. The molecule has 0 radical (unpaired) electrons. The summed E-state index contributed by atoms with van der Waals surface area (Å²) in [5, 5.41) is 3.42. The van der Waals surface area contributed by atoms with Crippen LogP contribution >= 0.6 is 0 Å². The Bertz CT molecular complexity index is 731. The molecule has 0 bridgehead atoms. The van der Waals surface area contributed by atoms with Crippen LogP contribution in [0.15, 0.2) is 42.7 Å². The quantitative estimate of drug-likeness (QED) is 0.688. The van der Waals surface area contributed by atoms with Crippen molar-refractivity contribution < 1.29 is 14.3 Å². The Kier molecular flexibility index (Phi) is 7.04. The molecule has 6 heteroatoms. The summed E-state index contributed by atoms with van der Waals surface area (Å²) in [6.07, 6.45) is 6.77. The van der Waals surface area contributed by atoms with Crippen molar-refractivity contribution in [1.29, 1.82) is 0 Å². The van der Waals surface area contributed by atoms with Gasteiger partial charge in [0, 0.05) is 32.0 Å². The van der Waals surface area contributed by atoms with E-state index in [2.05, 4.69) is 16.4 Å². The number of likely N-dealkylation sites (tertiary alicyclic amines) is 1. The molecule has 0 spiro atoms. The van der Waals surface area contributed by atoms with E-state index >= 15 is 0 Å². The van der Waals surface area contributed by atoms with Crippen LogP contribution in [0, 0.1) is 0 Å². The fourth-order valence-corrected chi connectivity index (χ4v) is 3.15. The number of benzene rings is 1. The highest BCUT2D eigenvalue weighted by atomic mass is 16.5.